The summed E-state index contributed by atoms with van der Waals surface area (Å²) in [5.74, 6) is 0.297. The first-order valence-electron chi connectivity index (χ1n) is 10.9. The molecule has 5 nitrogen and oxygen atoms in total. The molecular weight excluding hydrogens is 412 g/mol. The standard InChI is InChI=1S/C28H26N2O3/c1-33-24-16-14-22(15-17-24)28(21-9-3-2-4-10-21)30-27(32)19-29-26(31)18-23-12-7-11-20-8-5-6-13-25(20)23/h2-17,28H,18-19H2,1H3,(H,29,31)(H,30,32). The van der Waals surface area contributed by atoms with Gasteiger partial charge in [-0.15, -0.1) is 0 Å². The first-order chi connectivity index (χ1) is 16.1. The minimum atomic E-state index is -0.334. The number of ether oxygens (including phenoxy) is 1. The summed E-state index contributed by atoms with van der Waals surface area (Å²) in [5, 5.41) is 7.93. The number of carbonyl (C=O) groups is 2. The van der Waals surface area contributed by atoms with E-state index >= 15 is 0 Å². The lowest BCUT2D eigenvalue weighted by molar-refractivity contribution is -0.126. The van der Waals surface area contributed by atoms with Crippen LogP contribution in [0.15, 0.2) is 97.1 Å². The summed E-state index contributed by atoms with van der Waals surface area (Å²) in [6, 6.07) is 30.8. The molecule has 1 atom stereocenters. The van der Waals surface area contributed by atoms with Crippen molar-refractivity contribution in [2.24, 2.45) is 0 Å². The summed E-state index contributed by atoms with van der Waals surface area (Å²) < 4.78 is 5.24. The van der Waals surface area contributed by atoms with Crippen molar-refractivity contribution in [3.8, 4) is 5.75 Å². The van der Waals surface area contributed by atoms with E-state index in [0.717, 1.165) is 33.2 Å². The van der Waals surface area contributed by atoms with Gasteiger partial charge in [-0.1, -0.05) is 84.9 Å². The fourth-order valence-corrected chi connectivity index (χ4v) is 3.87. The van der Waals surface area contributed by atoms with E-state index in [2.05, 4.69) is 10.6 Å². The average molecular weight is 439 g/mol. The Bertz CT molecular complexity index is 1230. The Morgan fingerprint density at radius 2 is 1.42 bits per heavy atom. The SMILES string of the molecule is COc1ccc(C(NC(=O)CNC(=O)Cc2cccc3ccccc23)c2ccccc2)cc1. The molecule has 0 fully saturated rings. The van der Waals surface area contributed by atoms with Gasteiger partial charge in [-0.25, -0.2) is 0 Å². The second-order valence-corrected chi connectivity index (χ2v) is 7.78. The van der Waals surface area contributed by atoms with Crippen molar-refractivity contribution < 1.29 is 14.3 Å². The maximum Gasteiger partial charge on any atom is 0.240 e. The van der Waals surface area contributed by atoms with Crippen LogP contribution < -0.4 is 15.4 Å². The highest BCUT2D eigenvalue weighted by molar-refractivity contribution is 5.91. The molecular formula is C28H26N2O3. The van der Waals surface area contributed by atoms with Crippen LogP contribution >= 0.6 is 0 Å². The molecule has 0 saturated carbocycles. The predicted molar refractivity (Wildman–Crippen MR) is 130 cm³/mol. The number of amides is 2. The Balaban J connectivity index is 1.41. The Morgan fingerprint density at radius 3 is 2.18 bits per heavy atom. The van der Waals surface area contributed by atoms with Crippen LogP contribution in [0, 0.1) is 0 Å². The molecule has 0 bridgehead atoms. The lowest BCUT2D eigenvalue weighted by Gasteiger charge is -2.20. The second kappa shape index (κ2) is 10.5. The van der Waals surface area contributed by atoms with Gasteiger partial charge in [-0.2, -0.15) is 0 Å². The van der Waals surface area contributed by atoms with Crippen molar-refractivity contribution in [1.82, 2.24) is 10.6 Å². The maximum atomic E-state index is 12.7. The van der Waals surface area contributed by atoms with E-state index in [9.17, 15) is 9.59 Å². The van der Waals surface area contributed by atoms with Gasteiger partial charge in [0.25, 0.3) is 0 Å². The average Bonchev–Trinajstić information content (AvgIpc) is 2.87. The van der Waals surface area contributed by atoms with Crippen molar-refractivity contribution in [1.29, 1.82) is 0 Å². The molecule has 0 spiro atoms. The van der Waals surface area contributed by atoms with Crippen LogP contribution in [0.3, 0.4) is 0 Å². The van der Waals surface area contributed by atoms with E-state index in [1.807, 2.05) is 97.1 Å². The third kappa shape index (κ3) is 5.57. The molecule has 1 unspecified atom stereocenters. The van der Waals surface area contributed by atoms with E-state index in [4.69, 9.17) is 4.74 Å². The molecule has 0 heterocycles. The molecule has 2 N–H and O–H groups in total. The van der Waals surface area contributed by atoms with Crippen LogP contribution in [0.2, 0.25) is 0 Å². The van der Waals surface area contributed by atoms with Crippen LogP contribution in [0.25, 0.3) is 10.8 Å². The molecule has 5 heteroatoms. The molecule has 0 saturated heterocycles. The minimum Gasteiger partial charge on any atom is -0.497 e. The van der Waals surface area contributed by atoms with E-state index in [1.165, 1.54) is 0 Å². The van der Waals surface area contributed by atoms with Gasteiger partial charge in [-0.3, -0.25) is 9.59 Å². The van der Waals surface area contributed by atoms with Gasteiger partial charge in [0.15, 0.2) is 0 Å². The van der Waals surface area contributed by atoms with Crippen molar-refractivity contribution in [3.05, 3.63) is 114 Å². The Kier molecular flexibility index (Phi) is 7.00. The lowest BCUT2D eigenvalue weighted by atomic mass is 9.98. The van der Waals surface area contributed by atoms with Crippen LogP contribution in [0.5, 0.6) is 5.75 Å². The van der Waals surface area contributed by atoms with Gasteiger partial charge >= 0.3 is 0 Å². The number of fused-ring (bicyclic) bond motifs is 1. The number of rotatable bonds is 8. The highest BCUT2D eigenvalue weighted by Crippen LogP contribution is 2.24. The number of methoxy groups -OCH3 is 1. The van der Waals surface area contributed by atoms with E-state index < -0.39 is 0 Å². The fourth-order valence-electron chi connectivity index (χ4n) is 3.87. The van der Waals surface area contributed by atoms with E-state index in [0.29, 0.717) is 0 Å². The van der Waals surface area contributed by atoms with Crippen LogP contribution in [-0.2, 0) is 16.0 Å². The van der Waals surface area contributed by atoms with Crippen molar-refractivity contribution in [2.75, 3.05) is 13.7 Å². The highest BCUT2D eigenvalue weighted by atomic mass is 16.5. The topological polar surface area (TPSA) is 67.4 Å². The summed E-state index contributed by atoms with van der Waals surface area (Å²) in [5.41, 5.74) is 2.82. The number of hydrogen-bond donors (Lipinski definition) is 2. The van der Waals surface area contributed by atoms with E-state index in [1.54, 1.807) is 7.11 Å². The van der Waals surface area contributed by atoms with Gasteiger partial charge in [-0.05, 0) is 39.6 Å². The molecule has 0 aliphatic heterocycles. The predicted octanol–water partition coefficient (Wildman–Crippen LogP) is 4.41. The summed E-state index contributed by atoms with van der Waals surface area (Å²) >= 11 is 0. The number of nitrogens with one attached hydrogen (secondary N) is 2. The minimum absolute atomic E-state index is 0.0942. The highest BCUT2D eigenvalue weighted by Gasteiger charge is 2.17. The summed E-state index contributed by atoms with van der Waals surface area (Å²) in [6.45, 7) is -0.0942. The van der Waals surface area contributed by atoms with Gasteiger partial charge in [0.2, 0.25) is 11.8 Å². The van der Waals surface area contributed by atoms with Gasteiger partial charge in [0.1, 0.15) is 5.75 Å². The molecule has 4 aromatic carbocycles. The quantitative estimate of drug-likeness (QED) is 0.428. The normalized spacial score (nSPS) is 11.5. The van der Waals surface area contributed by atoms with Gasteiger partial charge in [0, 0.05) is 0 Å². The molecule has 2 amide bonds. The lowest BCUT2D eigenvalue weighted by Crippen LogP contribution is -2.39. The zero-order valence-electron chi connectivity index (χ0n) is 18.5. The van der Waals surface area contributed by atoms with Crippen LogP contribution in [0.4, 0.5) is 0 Å². The number of hydrogen-bond acceptors (Lipinski definition) is 3. The third-order valence-corrected chi connectivity index (χ3v) is 5.56. The Hall–Kier alpha value is -4.12. The van der Waals surface area contributed by atoms with Crippen LogP contribution in [-0.4, -0.2) is 25.5 Å². The monoisotopic (exact) mass is 438 g/mol. The maximum absolute atomic E-state index is 12.7. The third-order valence-electron chi connectivity index (χ3n) is 5.56. The molecule has 0 radical (unpaired) electrons. The van der Waals surface area contributed by atoms with Crippen LogP contribution in [0.1, 0.15) is 22.7 Å². The molecule has 4 aromatic rings. The van der Waals surface area contributed by atoms with Gasteiger partial charge in [0.05, 0.1) is 26.1 Å². The molecule has 0 aromatic heterocycles. The van der Waals surface area contributed by atoms with Crippen molar-refractivity contribution in [3.63, 3.8) is 0 Å². The molecule has 0 aliphatic carbocycles. The smallest absolute Gasteiger partial charge is 0.240 e. The van der Waals surface area contributed by atoms with Crippen molar-refractivity contribution in [2.45, 2.75) is 12.5 Å². The molecule has 4 rings (SSSR count). The zero-order valence-corrected chi connectivity index (χ0v) is 18.5. The number of benzene rings is 4. The largest absolute Gasteiger partial charge is 0.497 e. The second-order valence-electron chi connectivity index (χ2n) is 7.78. The zero-order chi connectivity index (χ0) is 23.0. The van der Waals surface area contributed by atoms with Gasteiger partial charge < -0.3 is 15.4 Å². The summed E-state index contributed by atoms with van der Waals surface area (Å²) in [7, 11) is 1.62. The van der Waals surface area contributed by atoms with E-state index in [-0.39, 0.29) is 30.8 Å². The molecule has 0 aliphatic rings. The molecule has 33 heavy (non-hydrogen) atoms. The van der Waals surface area contributed by atoms with Crippen molar-refractivity contribution >= 4 is 22.6 Å². The number of carbonyl (C=O) groups excluding carboxylic acids is 2. The summed E-state index contributed by atoms with van der Waals surface area (Å²) in [6.07, 6.45) is 0.217. The first-order valence-corrected chi connectivity index (χ1v) is 10.9. The molecule has 166 valence electrons. The fraction of sp³-hybridized carbons (Fsp3) is 0.143. The first kappa shape index (κ1) is 22.1. The Labute approximate surface area is 193 Å². The Morgan fingerprint density at radius 1 is 0.758 bits per heavy atom. The summed E-state index contributed by atoms with van der Waals surface area (Å²) in [4.78, 5) is 25.3.